The van der Waals surface area contributed by atoms with Gasteiger partial charge >= 0.3 is 0 Å². The predicted octanol–water partition coefficient (Wildman–Crippen LogP) is 3.70. The molecule has 2 nitrogen and oxygen atoms in total. The molecule has 0 aliphatic carbocycles. The second-order valence-corrected chi connectivity index (χ2v) is 5.36. The molecule has 1 unspecified atom stereocenters. The average Bonchev–Trinajstić information content (AvgIpc) is 2.89. The maximum absolute atomic E-state index is 14.1. The van der Waals surface area contributed by atoms with Gasteiger partial charge in [-0.25, -0.2) is 4.39 Å². The fourth-order valence-electron chi connectivity index (χ4n) is 2.17. The molecule has 2 N–H and O–H groups in total. The van der Waals surface area contributed by atoms with Crippen molar-refractivity contribution in [3.8, 4) is 5.75 Å². The fraction of sp³-hybridized carbons (Fsp3) is 0.333. The van der Waals surface area contributed by atoms with Crippen LogP contribution in [0.5, 0.6) is 5.75 Å². The summed E-state index contributed by atoms with van der Waals surface area (Å²) in [6, 6.07) is 7.08. The van der Waals surface area contributed by atoms with Gasteiger partial charge in [0.05, 0.1) is 7.11 Å². The number of rotatable bonds is 5. The van der Waals surface area contributed by atoms with Crippen LogP contribution in [0.3, 0.4) is 0 Å². The highest BCUT2D eigenvalue weighted by Gasteiger charge is 2.16. The highest BCUT2D eigenvalue weighted by atomic mass is 32.1. The highest BCUT2D eigenvalue weighted by Crippen LogP contribution is 2.28. The van der Waals surface area contributed by atoms with Crippen LogP contribution in [0, 0.1) is 5.82 Å². The Morgan fingerprint density at radius 1 is 1.32 bits per heavy atom. The number of benzene rings is 1. The number of ether oxygens (including phenoxy) is 1. The van der Waals surface area contributed by atoms with Crippen molar-refractivity contribution in [2.45, 2.75) is 25.8 Å². The summed E-state index contributed by atoms with van der Waals surface area (Å²) >= 11 is 1.64. The van der Waals surface area contributed by atoms with Gasteiger partial charge in [0.25, 0.3) is 0 Å². The monoisotopic (exact) mass is 279 g/mol. The van der Waals surface area contributed by atoms with Gasteiger partial charge in [-0.3, -0.25) is 0 Å². The van der Waals surface area contributed by atoms with E-state index in [1.54, 1.807) is 29.5 Å². The molecule has 1 heterocycles. The van der Waals surface area contributed by atoms with E-state index >= 15 is 0 Å². The van der Waals surface area contributed by atoms with E-state index in [2.05, 4.69) is 13.0 Å². The number of nitrogens with two attached hydrogens (primary N) is 1. The third kappa shape index (κ3) is 2.96. The summed E-state index contributed by atoms with van der Waals surface area (Å²) in [6.45, 7) is 2.10. The molecule has 0 saturated heterocycles. The van der Waals surface area contributed by atoms with E-state index in [4.69, 9.17) is 10.5 Å². The van der Waals surface area contributed by atoms with E-state index in [0.29, 0.717) is 12.0 Å². The first kappa shape index (κ1) is 14.0. The normalized spacial score (nSPS) is 12.4. The Morgan fingerprint density at radius 3 is 2.79 bits per heavy atom. The van der Waals surface area contributed by atoms with E-state index in [-0.39, 0.29) is 17.6 Å². The van der Waals surface area contributed by atoms with Gasteiger partial charge in [0.2, 0.25) is 0 Å². The van der Waals surface area contributed by atoms with Gasteiger partial charge in [-0.15, -0.1) is 11.3 Å². The van der Waals surface area contributed by atoms with E-state index in [9.17, 15) is 4.39 Å². The fourth-order valence-corrected chi connectivity index (χ4v) is 3.17. The molecule has 2 rings (SSSR count). The van der Waals surface area contributed by atoms with Gasteiger partial charge in [0, 0.05) is 10.9 Å². The van der Waals surface area contributed by atoms with Crippen LogP contribution < -0.4 is 10.5 Å². The summed E-state index contributed by atoms with van der Waals surface area (Å²) in [5.74, 6) is -0.0401. The van der Waals surface area contributed by atoms with Crippen molar-refractivity contribution in [3.63, 3.8) is 0 Å². The van der Waals surface area contributed by atoms with E-state index in [0.717, 1.165) is 11.3 Å². The minimum absolute atomic E-state index is 0.170. The van der Waals surface area contributed by atoms with Crippen molar-refractivity contribution < 1.29 is 9.13 Å². The molecule has 0 fully saturated rings. The van der Waals surface area contributed by atoms with Crippen molar-refractivity contribution in [1.29, 1.82) is 0 Å². The Kier molecular flexibility index (Phi) is 4.56. The molecule has 4 heteroatoms. The molecule has 2 aromatic rings. The van der Waals surface area contributed by atoms with Gasteiger partial charge in [-0.2, -0.15) is 0 Å². The smallest absolute Gasteiger partial charge is 0.168 e. The molecule has 102 valence electrons. The molecule has 0 aliphatic rings. The lowest BCUT2D eigenvalue weighted by atomic mass is 10.0. The lowest BCUT2D eigenvalue weighted by Gasteiger charge is -2.14. The Hall–Kier alpha value is -1.39. The number of hydrogen-bond donors (Lipinski definition) is 1. The van der Waals surface area contributed by atoms with E-state index in [1.807, 2.05) is 5.38 Å². The van der Waals surface area contributed by atoms with Crippen molar-refractivity contribution in [3.05, 3.63) is 51.5 Å². The van der Waals surface area contributed by atoms with Gasteiger partial charge in [-0.1, -0.05) is 19.1 Å². The Bertz CT molecular complexity index is 553. The molecule has 0 amide bonds. The van der Waals surface area contributed by atoms with Gasteiger partial charge in [0.15, 0.2) is 11.6 Å². The molecule has 0 spiro atoms. The minimum Gasteiger partial charge on any atom is -0.494 e. The third-order valence-electron chi connectivity index (χ3n) is 3.20. The van der Waals surface area contributed by atoms with E-state index in [1.165, 1.54) is 12.7 Å². The van der Waals surface area contributed by atoms with Crippen molar-refractivity contribution in [2.75, 3.05) is 7.11 Å². The standard InChI is InChI=1S/C15H18FNOS/c1-3-10-7-8-19-15(10)12(17)9-11-5-4-6-13(18-2)14(11)16/h4-8,12H,3,9,17H2,1-2H3. The molecular formula is C15H18FNOS. The SMILES string of the molecule is CCc1ccsc1C(N)Cc1cccc(OC)c1F. The van der Waals surface area contributed by atoms with Crippen LogP contribution >= 0.6 is 11.3 Å². The summed E-state index contributed by atoms with van der Waals surface area (Å²) in [4.78, 5) is 1.14. The summed E-state index contributed by atoms with van der Waals surface area (Å²) in [5.41, 5.74) is 8.06. The maximum atomic E-state index is 14.1. The number of halogens is 1. The molecule has 0 saturated carbocycles. The molecule has 19 heavy (non-hydrogen) atoms. The molecular weight excluding hydrogens is 261 g/mol. The molecule has 1 aromatic heterocycles. The lowest BCUT2D eigenvalue weighted by molar-refractivity contribution is 0.383. The largest absolute Gasteiger partial charge is 0.494 e. The zero-order valence-corrected chi connectivity index (χ0v) is 12.0. The second-order valence-electron chi connectivity index (χ2n) is 4.41. The Labute approximate surface area is 117 Å². The summed E-state index contributed by atoms with van der Waals surface area (Å²) in [5, 5.41) is 2.04. The zero-order valence-electron chi connectivity index (χ0n) is 11.2. The van der Waals surface area contributed by atoms with Crippen LogP contribution in [0.4, 0.5) is 4.39 Å². The number of hydrogen-bond acceptors (Lipinski definition) is 3. The highest BCUT2D eigenvalue weighted by molar-refractivity contribution is 7.10. The minimum atomic E-state index is -0.310. The summed E-state index contributed by atoms with van der Waals surface area (Å²) in [7, 11) is 1.47. The van der Waals surface area contributed by atoms with E-state index < -0.39 is 0 Å². The van der Waals surface area contributed by atoms with Crippen LogP contribution in [0.15, 0.2) is 29.6 Å². The topological polar surface area (TPSA) is 35.2 Å². The second kappa shape index (κ2) is 6.17. The predicted molar refractivity (Wildman–Crippen MR) is 77.3 cm³/mol. The number of aryl methyl sites for hydroxylation is 1. The first-order valence-electron chi connectivity index (χ1n) is 6.30. The van der Waals surface area contributed by atoms with Gasteiger partial charge in [0.1, 0.15) is 0 Å². The van der Waals surface area contributed by atoms with Crippen LogP contribution in [0.25, 0.3) is 0 Å². The lowest BCUT2D eigenvalue weighted by Crippen LogP contribution is -2.14. The van der Waals surface area contributed by atoms with Crippen LogP contribution in [-0.2, 0) is 12.8 Å². The third-order valence-corrected chi connectivity index (χ3v) is 4.29. The quantitative estimate of drug-likeness (QED) is 0.905. The average molecular weight is 279 g/mol. The first-order chi connectivity index (χ1) is 9.17. The summed E-state index contributed by atoms with van der Waals surface area (Å²) < 4.78 is 19.1. The van der Waals surface area contributed by atoms with Crippen molar-refractivity contribution >= 4 is 11.3 Å². The van der Waals surface area contributed by atoms with Crippen LogP contribution in [0.2, 0.25) is 0 Å². The Morgan fingerprint density at radius 2 is 2.11 bits per heavy atom. The zero-order chi connectivity index (χ0) is 13.8. The molecule has 0 radical (unpaired) electrons. The van der Waals surface area contributed by atoms with Crippen molar-refractivity contribution in [2.24, 2.45) is 5.73 Å². The maximum Gasteiger partial charge on any atom is 0.168 e. The molecule has 0 bridgehead atoms. The van der Waals surface area contributed by atoms with Crippen LogP contribution in [0.1, 0.15) is 29.0 Å². The first-order valence-corrected chi connectivity index (χ1v) is 7.18. The molecule has 1 atom stereocenters. The van der Waals surface area contributed by atoms with Crippen LogP contribution in [-0.4, -0.2) is 7.11 Å². The summed E-state index contributed by atoms with van der Waals surface area (Å²) in [6.07, 6.45) is 1.43. The Balaban J connectivity index is 2.22. The van der Waals surface area contributed by atoms with Crippen molar-refractivity contribution in [1.82, 2.24) is 0 Å². The number of methoxy groups -OCH3 is 1. The van der Waals surface area contributed by atoms with Gasteiger partial charge < -0.3 is 10.5 Å². The van der Waals surface area contributed by atoms with Gasteiger partial charge in [-0.05, 0) is 41.5 Å². The molecule has 0 aliphatic heterocycles. The molecule has 1 aromatic carbocycles. The number of thiophene rings is 1.